The quantitative estimate of drug-likeness (QED) is 0.805. The first-order chi connectivity index (χ1) is 11.9. The minimum atomic E-state index is -0.208. The Morgan fingerprint density at radius 1 is 1.28 bits per heavy atom. The number of benzene rings is 1. The summed E-state index contributed by atoms with van der Waals surface area (Å²) >= 11 is 0. The second-order valence-electron chi connectivity index (χ2n) is 7.03. The summed E-state index contributed by atoms with van der Waals surface area (Å²) in [6.07, 6.45) is 3.46. The largest absolute Gasteiger partial charge is 0.469 e. The summed E-state index contributed by atoms with van der Waals surface area (Å²) in [6, 6.07) is 6.35. The Balaban J connectivity index is 1.92. The molecule has 2 atom stereocenters. The number of aryl methyl sites for hydroxylation is 2. The van der Waals surface area contributed by atoms with Crippen LogP contribution >= 0.6 is 0 Å². The van der Waals surface area contributed by atoms with Gasteiger partial charge in [0.1, 0.15) is 0 Å². The van der Waals surface area contributed by atoms with Crippen molar-refractivity contribution >= 4 is 11.9 Å². The van der Waals surface area contributed by atoms with Gasteiger partial charge in [0.25, 0.3) is 0 Å². The molecule has 0 aromatic heterocycles. The van der Waals surface area contributed by atoms with E-state index in [2.05, 4.69) is 42.3 Å². The topological polar surface area (TPSA) is 58.6 Å². The molecule has 1 amide bonds. The van der Waals surface area contributed by atoms with Gasteiger partial charge in [-0.15, -0.1) is 0 Å². The molecule has 1 heterocycles. The monoisotopic (exact) mass is 346 g/mol. The first-order valence-corrected chi connectivity index (χ1v) is 9.08. The third-order valence-corrected chi connectivity index (χ3v) is 5.13. The van der Waals surface area contributed by atoms with Crippen LogP contribution in [-0.2, 0) is 14.3 Å². The average Bonchev–Trinajstić information content (AvgIpc) is 2.58. The van der Waals surface area contributed by atoms with Crippen LogP contribution in [0.1, 0.15) is 55.3 Å². The van der Waals surface area contributed by atoms with E-state index in [1.807, 2.05) is 6.92 Å². The fraction of sp³-hybridized carbons (Fsp3) is 0.600. The lowest BCUT2D eigenvalue weighted by atomic mass is 9.99. The SMILES string of the molecule is COC(=O)C[C@@H]1CCCCN1CC(=O)N[C@@H](C)c1ccc(C)c(C)c1. The Labute approximate surface area is 150 Å². The zero-order valence-electron chi connectivity index (χ0n) is 15.8. The van der Waals surface area contributed by atoms with Crippen LogP contribution in [0.25, 0.3) is 0 Å². The van der Waals surface area contributed by atoms with E-state index in [-0.39, 0.29) is 24.0 Å². The van der Waals surface area contributed by atoms with E-state index in [1.54, 1.807) is 0 Å². The Kier molecular flexibility index (Phi) is 7.00. The molecule has 5 heteroatoms. The number of methoxy groups -OCH3 is 1. The van der Waals surface area contributed by atoms with Gasteiger partial charge in [0.2, 0.25) is 5.91 Å². The second-order valence-corrected chi connectivity index (χ2v) is 7.03. The maximum Gasteiger partial charge on any atom is 0.307 e. The van der Waals surface area contributed by atoms with Crippen molar-refractivity contribution in [2.45, 2.75) is 58.5 Å². The minimum Gasteiger partial charge on any atom is -0.469 e. The van der Waals surface area contributed by atoms with Crippen molar-refractivity contribution in [2.24, 2.45) is 0 Å². The molecule has 1 aromatic rings. The van der Waals surface area contributed by atoms with Crippen molar-refractivity contribution in [3.8, 4) is 0 Å². The second kappa shape index (κ2) is 8.99. The number of hydrogen-bond acceptors (Lipinski definition) is 4. The van der Waals surface area contributed by atoms with Crippen molar-refractivity contribution in [1.82, 2.24) is 10.2 Å². The van der Waals surface area contributed by atoms with Crippen molar-refractivity contribution in [3.63, 3.8) is 0 Å². The summed E-state index contributed by atoms with van der Waals surface area (Å²) in [7, 11) is 1.41. The Morgan fingerprint density at radius 3 is 2.72 bits per heavy atom. The van der Waals surface area contributed by atoms with Gasteiger partial charge in [0.15, 0.2) is 0 Å². The Bertz CT molecular complexity index is 615. The molecule has 0 unspecified atom stereocenters. The number of amides is 1. The molecule has 25 heavy (non-hydrogen) atoms. The third kappa shape index (κ3) is 5.56. The molecule has 0 radical (unpaired) electrons. The predicted octanol–water partition coefficient (Wildman–Crippen LogP) is 2.90. The first kappa shape index (κ1) is 19.4. The van der Waals surface area contributed by atoms with Crippen LogP contribution in [0.5, 0.6) is 0 Å². The predicted molar refractivity (Wildman–Crippen MR) is 98.3 cm³/mol. The molecule has 1 saturated heterocycles. The summed E-state index contributed by atoms with van der Waals surface area (Å²) in [5, 5.41) is 3.08. The molecule has 138 valence electrons. The van der Waals surface area contributed by atoms with Crippen LogP contribution in [0, 0.1) is 13.8 Å². The summed E-state index contributed by atoms with van der Waals surface area (Å²) in [6.45, 7) is 7.35. The number of rotatable bonds is 6. The number of ether oxygens (including phenoxy) is 1. The van der Waals surface area contributed by atoms with E-state index < -0.39 is 0 Å². The van der Waals surface area contributed by atoms with Gasteiger partial charge in [0, 0.05) is 6.04 Å². The number of nitrogens with zero attached hydrogens (tertiary/aromatic N) is 1. The van der Waals surface area contributed by atoms with Crippen molar-refractivity contribution in [1.29, 1.82) is 0 Å². The molecular weight excluding hydrogens is 316 g/mol. The third-order valence-electron chi connectivity index (χ3n) is 5.13. The van der Waals surface area contributed by atoms with Crippen molar-refractivity contribution in [2.75, 3.05) is 20.2 Å². The number of nitrogens with one attached hydrogen (secondary N) is 1. The highest BCUT2D eigenvalue weighted by Gasteiger charge is 2.27. The zero-order chi connectivity index (χ0) is 18.4. The molecule has 5 nitrogen and oxygen atoms in total. The number of likely N-dealkylation sites (tertiary alicyclic amines) is 1. The van der Waals surface area contributed by atoms with Gasteiger partial charge in [-0.1, -0.05) is 24.6 Å². The van der Waals surface area contributed by atoms with Gasteiger partial charge in [-0.25, -0.2) is 0 Å². The van der Waals surface area contributed by atoms with Gasteiger partial charge < -0.3 is 10.1 Å². The normalized spacial score (nSPS) is 19.3. The molecule has 0 saturated carbocycles. The van der Waals surface area contributed by atoms with Gasteiger partial charge in [-0.2, -0.15) is 0 Å². The number of hydrogen-bond donors (Lipinski definition) is 1. The Hall–Kier alpha value is -1.88. The molecule has 1 N–H and O–H groups in total. The van der Waals surface area contributed by atoms with Crippen LogP contribution in [0.15, 0.2) is 18.2 Å². The fourth-order valence-corrected chi connectivity index (χ4v) is 3.36. The van der Waals surface area contributed by atoms with Gasteiger partial charge in [0.05, 0.1) is 26.1 Å². The standard InChI is InChI=1S/C20H30N2O3/c1-14-8-9-17(11-15(14)2)16(3)21-19(23)13-22-10-6-5-7-18(22)12-20(24)25-4/h8-9,11,16,18H,5-7,10,12-13H2,1-4H3,(H,21,23)/t16-,18-/m0/s1. The molecule has 1 aliphatic heterocycles. The van der Waals surface area contributed by atoms with Crippen LogP contribution in [0.4, 0.5) is 0 Å². The lowest BCUT2D eigenvalue weighted by Crippen LogP contribution is -2.46. The Morgan fingerprint density at radius 2 is 2.04 bits per heavy atom. The molecule has 0 aliphatic carbocycles. The lowest BCUT2D eigenvalue weighted by molar-refractivity contribution is -0.143. The fourth-order valence-electron chi connectivity index (χ4n) is 3.36. The van der Waals surface area contributed by atoms with Crippen molar-refractivity contribution < 1.29 is 14.3 Å². The maximum atomic E-state index is 12.5. The number of piperidine rings is 1. The van der Waals surface area contributed by atoms with Crippen LogP contribution in [0.3, 0.4) is 0 Å². The minimum absolute atomic E-state index is 0.00231. The highest BCUT2D eigenvalue weighted by molar-refractivity contribution is 5.78. The van der Waals surface area contributed by atoms with Gasteiger partial charge >= 0.3 is 5.97 Å². The lowest BCUT2D eigenvalue weighted by Gasteiger charge is -2.34. The van der Waals surface area contributed by atoms with E-state index in [1.165, 1.54) is 18.2 Å². The molecule has 2 rings (SSSR count). The van der Waals surface area contributed by atoms with Crippen molar-refractivity contribution in [3.05, 3.63) is 34.9 Å². The van der Waals surface area contributed by atoms with Crippen LogP contribution in [-0.4, -0.2) is 43.0 Å². The highest BCUT2D eigenvalue weighted by Crippen LogP contribution is 2.20. The summed E-state index contributed by atoms with van der Waals surface area (Å²) in [5.74, 6) is -0.205. The van der Waals surface area contributed by atoms with Gasteiger partial charge in [-0.05, 0) is 56.8 Å². The van der Waals surface area contributed by atoms with Gasteiger partial charge in [-0.3, -0.25) is 14.5 Å². The first-order valence-electron chi connectivity index (χ1n) is 9.08. The molecular formula is C20H30N2O3. The molecule has 1 aliphatic rings. The molecule has 1 aromatic carbocycles. The highest BCUT2D eigenvalue weighted by atomic mass is 16.5. The summed E-state index contributed by atoms with van der Waals surface area (Å²) < 4.78 is 4.78. The van der Waals surface area contributed by atoms with E-state index >= 15 is 0 Å². The zero-order valence-corrected chi connectivity index (χ0v) is 15.8. The number of carbonyl (C=O) groups is 2. The summed E-state index contributed by atoms with van der Waals surface area (Å²) in [4.78, 5) is 26.2. The van der Waals surface area contributed by atoms with E-state index in [4.69, 9.17) is 4.74 Å². The summed E-state index contributed by atoms with van der Waals surface area (Å²) in [5.41, 5.74) is 3.59. The number of esters is 1. The van der Waals surface area contributed by atoms with E-state index in [0.717, 1.165) is 31.4 Å². The maximum absolute atomic E-state index is 12.5. The molecule has 0 spiro atoms. The van der Waals surface area contributed by atoms with E-state index in [9.17, 15) is 9.59 Å². The molecule has 0 bridgehead atoms. The number of carbonyl (C=O) groups excluding carboxylic acids is 2. The molecule has 1 fully saturated rings. The van der Waals surface area contributed by atoms with E-state index in [0.29, 0.717) is 13.0 Å². The smallest absolute Gasteiger partial charge is 0.307 e. The average molecular weight is 346 g/mol. The van der Waals surface area contributed by atoms with Crippen LogP contribution in [0.2, 0.25) is 0 Å². The van der Waals surface area contributed by atoms with Crippen LogP contribution < -0.4 is 5.32 Å².